The minimum absolute atomic E-state index is 0.0466. The van der Waals surface area contributed by atoms with Crippen molar-refractivity contribution < 1.29 is 37.6 Å². The number of hydrogen-bond acceptors (Lipinski definition) is 8. The van der Waals surface area contributed by atoms with E-state index in [0.29, 0.717) is 6.42 Å². The highest BCUT2D eigenvalue weighted by Crippen LogP contribution is 2.43. The second kappa shape index (κ2) is 82.4. The Bertz CT molecular complexity index is 2030. The number of nitrogens with two attached hydrogens (primary N) is 1. The molecule has 0 heterocycles. The predicted octanol–water partition coefficient (Wildman–Crippen LogP) is 28.2. The molecule has 0 aliphatic rings. The van der Waals surface area contributed by atoms with E-state index in [0.717, 1.165) is 122 Å². The van der Waals surface area contributed by atoms with Crippen LogP contribution in [0.25, 0.3) is 0 Å². The lowest BCUT2D eigenvalue weighted by Crippen LogP contribution is -2.29. The largest absolute Gasteiger partial charge is 0.472 e. The molecule has 0 aromatic carbocycles. The first-order valence-corrected chi connectivity index (χ1v) is 43.0. The molecule has 98 heavy (non-hydrogen) atoms. The fourth-order valence-corrected chi connectivity index (χ4v) is 12.8. The van der Waals surface area contributed by atoms with Crippen molar-refractivity contribution in [1.82, 2.24) is 0 Å². The third-order valence-electron chi connectivity index (χ3n) is 18.1. The maximum Gasteiger partial charge on any atom is 0.472 e. The van der Waals surface area contributed by atoms with E-state index in [9.17, 15) is 19.0 Å². The molecule has 10 heteroatoms. The minimum Gasteiger partial charge on any atom is -0.462 e. The number of phosphoric ester groups is 1. The standard InChI is InChI=1S/C88H156NO8P/c1-3-5-7-9-11-13-15-17-19-21-23-25-27-29-31-33-35-37-39-41-42-43-45-46-48-50-52-54-56-58-60-62-64-66-68-70-72-74-76-78-80-87(90)94-84-86(85-96-98(92,93)95-83-82-89)97-88(91)81-79-77-75-73-71-69-67-65-63-61-59-57-55-53-51-49-47-44-40-38-36-34-32-30-28-26-24-22-20-18-16-14-12-10-8-6-4-2/h6,8,12,14,18,20,24,26,30,32,36,38,44,47,51,53,57,59,63,65,86H,3-5,7,9-11,13,15-17,19,21-23,25,27-29,31,33-35,37,39-43,45-46,48-50,52,54-56,58,60-62,64,66-85,89H2,1-2H3,(H,92,93)/b8-6-,14-12-,20-18-,26-24-,32-30-,38-36-,47-44-,53-51-,59-57-,65-63-. The van der Waals surface area contributed by atoms with Crippen molar-refractivity contribution >= 4 is 19.8 Å². The first-order chi connectivity index (χ1) is 48.3. The van der Waals surface area contributed by atoms with Crippen LogP contribution in [0.1, 0.15) is 393 Å². The van der Waals surface area contributed by atoms with Crippen LogP contribution in [0, 0.1) is 0 Å². The van der Waals surface area contributed by atoms with E-state index in [2.05, 4.69) is 135 Å². The molecule has 2 atom stereocenters. The topological polar surface area (TPSA) is 134 Å². The molecule has 0 aliphatic heterocycles. The zero-order valence-corrected chi connectivity index (χ0v) is 64.9. The highest BCUT2D eigenvalue weighted by Gasteiger charge is 2.26. The number of esters is 2. The van der Waals surface area contributed by atoms with Gasteiger partial charge in [-0.2, -0.15) is 0 Å². The van der Waals surface area contributed by atoms with Crippen LogP contribution in [-0.2, 0) is 32.7 Å². The van der Waals surface area contributed by atoms with Crippen LogP contribution in [0.3, 0.4) is 0 Å². The van der Waals surface area contributed by atoms with Crippen LogP contribution in [0.2, 0.25) is 0 Å². The molecule has 0 saturated carbocycles. The normalized spacial score (nSPS) is 13.5. The van der Waals surface area contributed by atoms with Gasteiger partial charge >= 0.3 is 19.8 Å². The van der Waals surface area contributed by atoms with Crippen molar-refractivity contribution in [2.24, 2.45) is 5.73 Å². The second-order valence-electron chi connectivity index (χ2n) is 27.6. The molecule has 0 bridgehead atoms. The third-order valence-corrected chi connectivity index (χ3v) is 19.1. The van der Waals surface area contributed by atoms with Gasteiger partial charge in [-0.25, -0.2) is 4.57 Å². The highest BCUT2D eigenvalue weighted by atomic mass is 31.2. The van der Waals surface area contributed by atoms with Gasteiger partial charge in [0.25, 0.3) is 0 Å². The van der Waals surface area contributed by atoms with Gasteiger partial charge < -0.3 is 20.1 Å². The van der Waals surface area contributed by atoms with E-state index in [1.165, 1.54) is 238 Å². The summed E-state index contributed by atoms with van der Waals surface area (Å²) in [6.07, 6.45) is 116. The summed E-state index contributed by atoms with van der Waals surface area (Å²) in [7, 11) is -4.41. The zero-order chi connectivity index (χ0) is 70.8. The monoisotopic (exact) mass is 1390 g/mol. The average Bonchev–Trinajstić information content (AvgIpc) is 1.57. The average molecular weight is 1390 g/mol. The third kappa shape index (κ3) is 81.4. The molecule has 0 aromatic rings. The Morgan fingerprint density at radius 2 is 0.561 bits per heavy atom. The van der Waals surface area contributed by atoms with Gasteiger partial charge in [0, 0.05) is 19.4 Å². The van der Waals surface area contributed by atoms with Crippen LogP contribution in [-0.4, -0.2) is 49.3 Å². The highest BCUT2D eigenvalue weighted by molar-refractivity contribution is 7.47. The van der Waals surface area contributed by atoms with Gasteiger partial charge in [0.05, 0.1) is 13.2 Å². The van der Waals surface area contributed by atoms with E-state index in [4.69, 9.17) is 24.3 Å². The van der Waals surface area contributed by atoms with Gasteiger partial charge in [-0.05, 0) is 89.9 Å². The maximum absolute atomic E-state index is 12.8. The lowest BCUT2D eigenvalue weighted by Gasteiger charge is -2.19. The molecule has 0 fully saturated rings. The Morgan fingerprint density at radius 1 is 0.316 bits per heavy atom. The van der Waals surface area contributed by atoms with Crippen LogP contribution in [0.5, 0.6) is 0 Å². The number of unbranched alkanes of at least 4 members (excludes halogenated alkanes) is 45. The number of rotatable bonds is 78. The number of hydrogen-bond donors (Lipinski definition) is 2. The van der Waals surface area contributed by atoms with E-state index >= 15 is 0 Å². The Balaban J connectivity index is 3.84. The smallest absolute Gasteiger partial charge is 0.462 e. The fourth-order valence-electron chi connectivity index (χ4n) is 12.0. The quantitative estimate of drug-likeness (QED) is 0.0264. The summed E-state index contributed by atoms with van der Waals surface area (Å²) < 4.78 is 33.3. The van der Waals surface area contributed by atoms with Crippen LogP contribution >= 0.6 is 7.82 Å². The van der Waals surface area contributed by atoms with Crippen LogP contribution < -0.4 is 5.73 Å². The molecule has 0 rings (SSSR count). The molecule has 0 spiro atoms. The first kappa shape index (κ1) is 94.4. The molecule has 2 unspecified atom stereocenters. The summed E-state index contributed by atoms with van der Waals surface area (Å²) >= 11 is 0. The second-order valence-corrected chi connectivity index (χ2v) is 29.1. The van der Waals surface area contributed by atoms with Gasteiger partial charge in [0.15, 0.2) is 6.10 Å². The van der Waals surface area contributed by atoms with Crippen molar-refractivity contribution in [1.29, 1.82) is 0 Å². The maximum atomic E-state index is 12.8. The lowest BCUT2D eigenvalue weighted by atomic mass is 10.0. The summed E-state index contributed by atoms with van der Waals surface area (Å²) in [6.45, 7) is 3.66. The predicted molar refractivity (Wildman–Crippen MR) is 427 cm³/mol. The molecule has 566 valence electrons. The van der Waals surface area contributed by atoms with E-state index < -0.39 is 26.5 Å². The Hall–Kier alpha value is -3.59. The van der Waals surface area contributed by atoms with Crippen molar-refractivity contribution in [3.8, 4) is 0 Å². The Morgan fingerprint density at radius 3 is 0.837 bits per heavy atom. The summed E-state index contributed by atoms with van der Waals surface area (Å²) in [6, 6.07) is 0. The van der Waals surface area contributed by atoms with Gasteiger partial charge in [0.1, 0.15) is 6.61 Å². The summed E-state index contributed by atoms with van der Waals surface area (Å²) in [5.41, 5.74) is 5.41. The van der Waals surface area contributed by atoms with Gasteiger partial charge in [-0.1, -0.05) is 411 Å². The summed E-state index contributed by atoms with van der Waals surface area (Å²) in [4.78, 5) is 35.5. The van der Waals surface area contributed by atoms with Crippen LogP contribution in [0.4, 0.5) is 0 Å². The Kier molecular flexibility index (Phi) is 79.3. The Labute approximate surface area is 606 Å². The number of carbonyl (C=O) groups is 2. The molecule has 0 radical (unpaired) electrons. The van der Waals surface area contributed by atoms with Gasteiger partial charge in [-0.3, -0.25) is 18.6 Å². The zero-order valence-electron chi connectivity index (χ0n) is 64.0. The molecule has 3 N–H and O–H groups in total. The number of allylic oxidation sites excluding steroid dienone is 20. The molecule has 9 nitrogen and oxygen atoms in total. The molecule has 0 saturated heterocycles. The summed E-state index contributed by atoms with van der Waals surface area (Å²) in [5, 5.41) is 0. The molecular formula is C88H156NO8P. The van der Waals surface area contributed by atoms with Crippen LogP contribution in [0.15, 0.2) is 122 Å². The van der Waals surface area contributed by atoms with Crippen molar-refractivity contribution in [3.63, 3.8) is 0 Å². The molecule has 0 amide bonds. The molecule has 0 aromatic heterocycles. The van der Waals surface area contributed by atoms with Gasteiger partial charge in [0.2, 0.25) is 0 Å². The fraction of sp³-hybridized carbons (Fsp3) is 0.750. The van der Waals surface area contributed by atoms with Crippen molar-refractivity contribution in [3.05, 3.63) is 122 Å². The number of ether oxygens (including phenoxy) is 2. The summed E-state index contributed by atoms with van der Waals surface area (Å²) in [5.74, 6) is -0.836. The first-order valence-electron chi connectivity index (χ1n) is 41.5. The molecule has 0 aliphatic carbocycles. The van der Waals surface area contributed by atoms with Crippen molar-refractivity contribution in [2.75, 3.05) is 26.4 Å². The minimum atomic E-state index is -4.41. The SMILES string of the molecule is CC/C=C\C/C=C\C/C=C\C/C=C\C/C=C\C/C=C\C/C=C\C/C=C\C/C=C\C/C=C\CCCCCCCCC(=O)OC(COC(=O)CCCCCCCCCCCCCCCCCCCCCCCCCCCCCCCCCCCCCCCCCC)COP(=O)(O)OCCN. The van der Waals surface area contributed by atoms with E-state index in [1.54, 1.807) is 0 Å². The van der Waals surface area contributed by atoms with Gasteiger partial charge in [-0.15, -0.1) is 0 Å². The van der Waals surface area contributed by atoms with E-state index in [-0.39, 0.29) is 38.6 Å². The van der Waals surface area contributed by atoms with E-state index in [1.807, 2.05) is 0 Å². The number of carbonyl (C=O) groups excluding carboxylic acids is 2. The lowest BCUT2D eigenvalue weighted by molar-refractivity contribution is -0.161. The molecular weight excluding hydrogens is 1230 g/mol. The van der Waals surface area contributed by atoms with Crippen molar-refractivity contribution in [2.45, 2.75) is 399 Å². The number of phosphoric acid groups is 1.